The molecule has 2 aliphatic rings. The van der Waals surface area contributed by atoms with Crippen LogP contribution in [0.25, 0.3) is 0 Å². The van der Waals surface area contributed by atoms with Crippen LogP contribution in [0.4, 0.5) is 0 Å². The molecular formula is C16H17Cl2N3O4S. The van der Waals surface area contributed by atoms with Crippen molar-refractivity contribution in [2.75, 3.05) is 11.5 Å². The molecule has 2 aliphatic heterocycles. The zero-order valence-electron chi connectivity index (χ0n) is 13.9. The molecule has 2 atom stereocenters. The third-order valence-corrected chi connectivity index (χ3v) is 6.88. The highest BCUT2D eigenvalue weighted by Crippen LogP contribution is 2.28. The zero-order valence-corrected chi connectivity index (χ0v) is 16.2. The van der Waals surface area contributed by atoms with Crippen LogP contribution in [0.3, 0.4) is 0 Å². The van der Waals surface area contributed by atoms with Crippen molar-refractivity contribution in [2.24, 2.45) is 11.0 Å². The summed E-state index contributed by atoms with van der Waals surface area (Å²) in [6, 6.07) is 4.54. The summed E-state index contributed by atoms with van der Waals surface area (Å²) in [6.45, 7) is 1.64. The minimum atomic E-state index is -3.12. The van der Waals surface area contributed by atoms with E-state index in [0.717, 1.165) is 5.01 Å². The molecule has 0 saturated carbocycles. The third-order valence-electron chi connectivity index (χ3n) is 4.41. The van der Waals surface area contributed by atoms with Crippen molar-refractivity contribution >= 4 is 50.6 Å². The maximum absolute atomic E-state index is 12.6. The summed E-state index contributed by atoms with van der Waals surface area (Å²) in [6.07, 6.45) is 0.351. The van der Waals surface area contributed by atoms with E-state index in [9.17, 15) is 18.0 Å². The lowest BCUT2D eigenvalue weighted by Crippen LogP contribution is -2.44. The van der Waals surface area contributed by atoms with Gasteiger partial charge in [-0.3, -0.25) is 9.59 Å². The second-order valence-electron chi connectivity index (χ2n) is 6.38. The van der Waals surface area contributed by atoms with Gasteiger partial charge < -0.3 is 5.32 Å². The van der Waals surface area contributed by atoms with Crippen molar-refractivity contribution in [1.29, 1.82) is 0 Å². The molecule has 140 valence electrons. The lowest BCUT2D eigenvalue weighted by atomic mass is 10.0. The van der Waals surface area contributed by atoms with Crippen LogP contribution in [0.15, 0.2) is 23.3 Å². The second-order valence-corrected chi connectivity index (χ2v) is 9.42. The Labute approximate surface area is 161 Å². The van der Waals surface area contributed by atoms with E-state index in [1.807, 2.05) is 0 Å². The first-order chi connectivity index (χ1) is 12.2. The number of amides is 2. The SMILES string of the molecule is CC1=NN(Cc2c(Cl)cccc2Cl)C(=O)[C@H]1C(=O)N[C@@H]1CCS(=O)(=O)C1. The van der Waals surface area contributed by atoms with E-state index in [1.165, 1.54) is 0 Å². The molecule has 1 saturated heterocycles. The Bertz CT molecular complexity index is 881. The highest BCUT2D eigenvalue weighted by atomic mass is 35.5. The summed E-state index contributed by atoms with van der Waals surface area (Å²) in [5, 5.41) is 8.78. The number of hydrogen-bond donors (Lipinski definition) is 1. The molecule has 2 heterocycles. The van der Waals surface area contributed by atoms with E-state index in [4.69, 9.17) is 23.2 Å². The largest absolute Gasteiger partial charge is 0.351 e. The van der Waals surface area contributed by atoms with Crippen LogP contribution in [-0.2, 0) is 26.0 Å². The van der Waals surface area contributed by atoms with Gasteiger partial charge in [-0.05, 0) is 25.5 Å². The highest BCUT2D eigenvalue weighted by Gasteiger charge is 2.41. The van der Waals surface area contributed by atoms with Crippen LogP contribution in [-0.4, -0.2) is 48.5 Å². The van der Waals surface area contributed by atoms with Gasteiger partial charge in [-0.2, -0.15) is 5.10 Å². The van der Waals surface area contributed by atoms with Gasteiger partial charge in [0.1, 0.15) is 0 Å². The Balaban J connectivity index is 1.71. The highest BCUT2D eigenvalue weighted by molar-refractivity contribution is 7.91. The number of benzene rings is 1. The Morgan fingerprint density at radius 1 is 1.35 bits per heavy atom. The molecule has 0 aromatic heterocycles. The second kappa shape index (κ2) is 7.17. The third kappa shape index (κ3) is 3.87. The minimum Gasteiger partial charge on any atom is -0.351 e. The average molecular weight is 418 g/mol. The minimum absolute atomic E-state index is 0.0424. The van der Waals surface area contributed by atoms with E-state index in [1.54, 1.807) is 25.1 Å². The molecule has 1 aromatic rings. The van der Waals surface area contributed by atoms with E-state index in [2.05, 4.69) is 10.4 Å². The van der Waals surface area contributed by atoms with Crippen LogP contribution in [0.5, 0.6) is 0 Å². The van der Waals surface area contributed by atoms with Gasteiger partial charge in [0.15, 0.2) is 15.8 Å². The Morgan fingerprint density at radius 3 is 2.58 bits per heavy atom. The summed E-state index contributed by atoms with van der Waals surface area (Å²) in [5.74, 6) is -2.15. The number of sulfone groups is 1. The predicted octanol–water partition coefficient (Wildman–Crippen LogP) is 1.63. The predicted molar refractivity (Wildman–Crippen MR) is 98.8 cm³/mol. The molecule has 10 heteroatoms. The number of halogens is 2. The van der Waals surface area contributed by atoms with Crippen molar-refractivity contribution in [3.05, 3.63) is 33.8 Å². The zero-order chi connectivity index (χ0) is 19.1. The fourth-order valence-corrected chi connectivity index (χ4v) is 5.26. The standard InChI is InChI=1S/C16H17Cl2N3O4S/c1-9-14(15(22)19-10-5-6-26(24,25)8-10)16(23)21(20-9)7-11-12(17)3-2-4-13(11)18/h2-4,10,14H,5-8H2,1H3,(H,19,22)/t10-,14-/m1/s1. The molecule has 0 unspecified atom stereocenters. The summed E-state index contributed by atoms with van der Waals surface area (Å²) in [7, 11) is -3.12. The van der Waals surface area contributed by atoms with Crippen molar-refractivity contribution in [3.63, 3.8) is 0 Å². The number of nitrogens with one attached hydrogen (secondary N) is 1. The van der Waals surface area contributed by atoms with Crippen LogP contribution >= 0.6 is 23.2 Å². The van der Waals surface area contributed by atoms with Gasteiger partial charge in [0, 0.05) is 21.7 Å². The van der Waals surface area contributed by atoms with Crippen LogP contribution in [0, 0.1) is 5.92 Å². The lowest BCUT2D eigenvalue weighted by molar-refractivity contribution is -0.138. The first-order valence-electron chi connectivity index (χ1n) is 7.98. The molecule has 7 nitrogen and oxygen atoms in total. The number of nitrogens with zero attached hydrogens (tertiary/aromatic N) is 2. The monoisotopic (exact) mass is 417 g/mol. The van der Waals surface area contributed by atoms with Gasteiger partial charge in [-0.25, -0.2) is 13.4 Å². The molecule has 1 fully saturated rings. The van der Waals surface area contributed by atoms with Gasteiger partial charge in [0.2, 0.25) is 5.91 Å². The molecule has 0 spiro atoms. The van der Waals surface area contributed by atoms with E-state index in [0.29, 0.717) is 27.7 Å². The van der Waals surface area contributed by atoms with Gasteiger partial charge in [-0.1, -0.05) is 29.3 Å². The van der Waals surface area contributed by atoms with Crippen molar-refractivity contribution in [2.45, 2.75) is 25.9 Å². The number of carbonyl (C=O) groups is 2. The van der Waals surface area contributed by atoms with E-state index < -0.39 is 33.6 Å². The average Bonchev–Trinajstić information content (AvgIpc) is 3.02. The van der Waals surface area contributed by atoms with Crippen molar-refractivity contribution < 1.29 is 18.0 Å². The molecule has 0 aliphatic carbocycles. The quantitative estimate of drug-likeness (QED) is 0.752. The Hall–Kier alpha value is -1.64. The normalized spacial score (nSPS) is 24.7. The van der Waals surface area contributed by atoms with Crippen molar-refractivity contribution in [3.8, 4) is 0 Å². The Morgan fingerprint density at radius 2 is 2.00 bits per heavy atom. The van der Waals surface area contributed by atoms with E-state index >= 15 is 0 Å². The lowest BCUT2D eigenvalue weighted by Gasteiger charge is -2.17. The number of hydrogen-bond acceptors (Lipinski definition) is 5. The molecule has 1 aromatic carbocycles. The molecular weight excluding hydrogens is 401 g/mol. The molecule has 0 bridgehead atoms. The Kier molecular flexibility index (Phi) is 5.28. The summed E-state index contributed by atoms with van der Waals surface area (Å²) < 4.78 is 23.0. The first kappa shape index (κ1) is 19.1. The number of rotatable bonds is 4. The molecule has 26 heavy (non-hydrogen) atoms. The summed E-state index contributed by atoms with van der Waals surface area (Å²) >= 11 is 12.2. The van der Waals surface area contributed by atoms with E-state index in [-0.39, 0.29) is 18.1 Å². The van der Waals surface area contributed by atoms with Gasteiger partial charge >= 0.3 is 0 Å². The van der Waals surface area contributed by atoms with Crippen molar-refractivity contribution in [1.82, 2.24) is 10.3 Å². The molecule has 0 radical (unpaired) electrons. The molecule has 3 rings (SSSR count). The number of carbonyl (C=O) groups excluding carboxylic acids is 2. The maximum atomic E-state index is 12.6. The molecule has 1 N–H and O–H groups in total. The van der Waals surface area contributed by atoms with Gasteiger partial charge in [0.25, 0.3) is 5.91 Å². The van der Waals surface area contributed by atoms with Gasteiger partial charge in [-0.15, -0.1) is 0 Å². The summed E-state index contributed by atoms with van der Waals surface area (Å²) in [5.41, 5.74) is 0.889. The van der Waals surface area contributed by atoms with Gasteiger partial charge in [0.05, 0.1) is 23.8 Å². The fraction of sp³-hybridized carbons (Fsp3) is 0.438. The summed E-state index contributed by atoms with van der Waals surface area (Å²) in [4.78, 5) is 25.1. The number of hydrazone groups is 1. The maximum Gasteiger partial charge on any atom is 0.261 e. The first-order valence-corrected chi connectivity index (χ1v) is 10.6. The van der Waals surface area contributed by atoms with Crippen LogP contribution < -0.4 is 5.32 Å². The van der Waals surface area contributed by atoms with Crippen LogP contribution in [0.1, 0.15) is 18.9 Å². The topological polar surface area (TPSA) is 95.9 Å². The smallest absolute Gasteiger partial charge is 0.261 e. The fourth-order valence-electron chi connectivity index (χ4n) is 3.07. The van der Waals surface area contributed by atoms with Crippen LogP contribution in [0.2, 0.25) is 10.0 Å². The molecule has 2 amide bonds.